The number of nitrogens with zero attached hydrogens (tertiary/aromatic N) is 1. The Labute approximate surface area is 142 Å². The first kappa shape index (κ1) is 16.9. The van der Waals surface area contributed by atoms with E-state index in [2.05, 4.69) is 5.32 Å². The molecule has 0 bridgehead atoms. The fraction of sp³-hybridized carbons (Fsp3) is 0.579. The largest absolute Gasteiger partial charge is 0.355 e. The highest BCUT2D eigenvalue weighted by Gasteiger charge is 2.39. The van der Waals surface area contributed by atoms with Crippen molar-refractivity contribution in [1.82, 2.24) is 10.2 Å². The summed E-state index contributed by atoms with van der Waals surface area (Å²) in [7, 11) is 0. The topological polar surface area (TPSA) is 49.4 Å². The molecule has 1 unspecified atom stereocenters. The molecule has 2 fully saturated rings. The van der Waals surface area contributed by atoms with Crippen molar-refractivity contribution in [3.8, 4) is 0 Å². The van der Waals surface area contributed by atoms with Crippen LogP contribution in [0.2, 0.25) is 0 Å². The van der Waals surface area contributed by atoms with Gasteiger partial charge in [0.1, 0.15) is 5.82 Å². The quantitative estimate of drug-likeness (QED) is 0.901. The van der Waals surface area contributed by atoms with Crippen molar-refractivity contribution in [1.29, 1.82) is 0 Å². The van der Waals surface area contributed by atoms with Gasteiger partial charge in [0.15, 0.2) is 0 Å². The van der Waals surface area contributed by atoms with Crippen molar-refractivity contribution >= 4 is 11.8 Å². The Morgan fingerprint density at radius 1 is 1.33 bits per heavy atom. The molecule has 2 amide bonds. The predicted molar refractivity (Wildman–Crippen MR) is 89.9 cm³/mol. The van der Waals surface area contributed by atoms with Crippen LogP contribution in [-0.4, -0.2) is 36.3 Å². The van der Waals surface area contributed by atoms with Gasteiger partial charge >= 0.3 is 0 Å². The van der Waals surface area contributed by atoms with Crippen molar-refractivity contribution in [2.75, 3.05) is 19.6 Å². The number of carbonyl (C=O) groups excluding carboxylic acids is 2. The minimum absolute atomic E-state index is 0.0438. The molecule has 24 heavy (non-hydrogen) atoms. The molecule has 1 aliphatic heterocycles. The Balaban J connectivity index is 1.68. The summed E-state index contributed by atoms with van der Waals surface area (Å²) in [6.07, 6.45) is 4.16. The summed E-state index contributed by atoms with van der Waals surface area (Å²) in [5.41, 5.74) is 0.397. The third-order valence-corrected chi connectivity index (χ3v) is 5.57. The first-order valence-electron chi connectivity index (χ1n) is 8.86. The minimum atomic E-state index is -0.311. The van der Waals surface area contributed by atoms with Crippen molar-refractivity contribution in [3.63, 3.8) is 0 Å². The standard InChI is InChI=1S/C19H25FN2O2/c1-2-22-12-14(11-17(22)23)18(24)21-13-19(9-5-6-10-19)15-7-3-4-8-16(15)20/h3-4,7-8,14H,2,5-6,9-13H2,1H3,(H,21,24). The van der Waals surface area contributed by atoms with E-state index in [0.29, 0.717) is 25.2 Å². The number of hydrogen-bond acceptors (Lipinski definition) is 2. The van der Waals surface area contributed by atoms with Gasteiger partial charge in [0.05, 0.1) is 5.92 Å². The number of likely N-dealkylation sites (tertiary alicyclic amines) is 1. The molecule has 1 aromatic rings. The second kappa shape index (κ2) is 6.91. The number of benzene rings is 1. The fourth-order valence-electron chi connectivity index (χ4n) is 4.14. The molecule has 130 valence electrons. The van der Waals surface area contributed by atoms with Crippen LogP contribution in [0.1, 0.15) is 44.6 Å². The average Bonchev–Trinajstić information content (AvgIpc) is 3.20. The first-order chi connectivity index (χ1) is 11.6. The number of nitrogens with one attached hydrogen (secondary N) is 1. The maximum atomic E-state index is 14.3. The summed E-state index contributed by atoms with van der Waals surface area (Å²) in [5.74, 6) is -0.511. The molecule has 1 atom stereocenters. The van der Waals surface area contributed by atoms with Crippen molar-refractivity contribution in [2.24, 2.45) is 5.92 Å². The molecular formula is C19H25FN2O2. The molecule has 1 aromatic carbocycles. The van der Waals surface area contributed by atoms with E-state index in [9.17, 15) is 14.0 Å². The van der Waals surface area contributed by atoms with Crippen LogP contribution in [0, 0.1) is 11.7 Å². The lowest BCUT2D eigenvalue weighted by molar-refractivity contribution is -0.128. The van der Waals surface area contributed by atoms with E-state index in [1.54, 1.807) is 11.0 Å². The number of halogens is 1. The zero-order valence-electron chi connectivity index (χ0n) is 14.2. The van der Waals surface area contributed by atoms with Gasteiger partial charge in [0, 0.05) is 31.5 Å². The van der Waals surface area contributed by atoms with Crippen LogP contribution in [0.3, 0.4) is 0 Å². The summed E-state index contributed by atoms with van der Waals surface area (Å²) >= 11 is 0. The van der Waals surface area contributed by atoms with Crippen molar-refractivity contribution in [2.45, 2.75) is 44.4 Å². The van der Waals surface area contributed by atoms with Gasteiger partial charge in [-0.1, -0.05) is 31.0 Å². The Kier molecular flexibility index (Phi) is 4.88. The monoisotopic (exact) mass is 332 g/mol. The van der Waals surface area contributed by atoms with Crippen molar-refractivity contribution < 1.29 is 14.0 Å². The van der Waals surface area contributed by atoms with E-state index < -0.39 is 0 Å². The summed E-state index contributed by atoms with van der Waals surface area (Å²) in [5, 5.41) is 3.01. The molecule has 1 saturated heterocycles. The lowest BCUT2D eigenvalue weighted by Crippen LogP contribution is -2.42. The van der Waals surface area contributed by atoms with Gasteiger partial charge < -0.3 is 10.2 Å². The Morgan fingerprint density at radius 2 is 2.04 bits per heavy atom. The highest BCUT2D eigenvalue weighted by Crippen LogP contribution is 2.41. The molecule has 0 aromatic heterocycles. The van der Waals surface area contributed by atoms with Crippen LogP contribution in [0.15, 0.2) is 24.3 Å². The smallest absolute Gasteiger partial charge is 0.225 e. The maximum Gasteiger partial charge on any atom is 0.225 e. The molecule has 2 aliphatic rings. The minimum Gasteiger partial charge on any atom is -0.355 e. The summed E-state index contributed by atoms with van der Waals surface area (Å²) in [6, 6.07) is 6.88. The molecule has 1 heterocycles. The average molecular weight is 332 g/mol. The van der Waals surface area contributed by atoms with Crippen LogP contribution in [0.25, 0.3) is 0 Å². The molecule has 1 N–H and O–H groups in total. The highest BCUT2D eigenvalue weighted by molar-refractivity contribution is 5.89. The molecule has 0 spiro atoms. The van der Waals surface area contributed by atoms with Gasteiger partial charge in [0.25, 0.3) is 0 Å². The Morgan fingerprint density at radius 3 is 2.67 bits per heavy atom. The van der Waals surface area contributed by atoms with Crippen LogP contribution >= 0.6 is 0 Å². The highest BCUT2D eigenvalue weighted by atomic mass is 19.1. The maximum absolute atomic E-state index is 14.3. The second-order valence-electron chi connectivity index (χ2n) is 7.02. The molecule has 5 heteroatoms. The second-order valence-corrected chi connectivity index (χ2v) is 7.02. The zero-order chi connectivity index (χ0) is 17.2. The number of carbonyl (C=O) groups is 2. The first-order valence-corrected chi connectivity index (χ1v) is 8.86. The SMILES string of the molecule is CCN1CC(C(=O)NCC2(c3ccccc3F)CCCC2)CC1=O. The van der Waals surface area contributed by atoms with E-state index in [1.165, 1.54) is 6.07 Å². The molecular weight excluding hydrogens is 307 g/mol. The molecule has 0 radical (unpaired) electrons. The summed E-state index contributed by atoms with van der Waals surface area (Å²) < 4.78 is 14.3. The molecule has 1 saturated carbocycles. The van der Waals surface area contributed by atoms with Crippen LogP contribution in [0.4, 0.5) is 4.39 Å². The van der Waals surface area contributed by atoms with Gasteiger partial charge in [0.2, 0.25) is 11.8 Å². The third kappa shape index (κ3) is 3.17. The van der Waals surface area contributed by atoms with Crippen molar-refractivity contribution in [3.05, 3.63) is 35.6 Å². The van der Waals surface area contributed by atoms with Crippen LogP contribution < -0.4 is 5.32 Å². The summed E-state index contributed by atoms with van der Waals surface area (Å²) in [4.78, 5) is 26.0. The van der Waals surface area contributed by atoms with Crippen LogP contribution in [-0.2, 0) is 15.0 Å². The fourth-order valence-corrected chi connectivity index (χ4v) is 4.14. The lowest BCUT2D eigenvalue weighted by atomic mass is 9.78. The van der Waals surface area contributed by atoms with Crippen LogP contribution in [0.5, 0.6) is 0 Å². The van der Waals surface area contributed by atoms with Gasteiger partial charge in [-0.25, -0.2) is 4.39 Å². The van der Waals surface area contributed by atoms with Gasteiger partial charge in [-0.3, -0.25) is 9.59 Å². The van der Waals surface area contributed by atoms with E-state index in [0.717, 1.165) is 25.7 Å². The zero-order valence-corrected chi connectivity index (χ0v) is 14.2. The Bertz CT molecular complexity index is 626. The van der Waals surface area contributed by atoms with E-state index in [-0.39, 0.29) is 35.4 Å². The van der Waals surface area contributed by atoms with E-state index >= 15 is 0 Å². The number of hydrogen-bond donors (Lipinski definition) is 1. The van der Waals surface area contributed by atoms with E-state index in [4.69, 9.17) is 0 Å². The third-order valence-electron chi connectivity index (χ3n) is 5.57. The van der Waals surface area contributed by atoms with Gasteiger partial charge in [-0.15, -0.1) is 0 Å². The molecule has 3 rings (SSSR count). The Hall–Kier alpha value is -1.91. The lowest BCUT2D eigenvalue weighted by Gasteiger charge is -2.30. The number of rotatable bonds is 5. The summed E-state index contributed by atoms with van der Waals surface area (Å²) in [6.45, 7) is 3.50. The number of amides is 2. The van der Waals surface area contributed by atoms with Gasteiger partial charge in [-0.05, 0) is 31.4 Å². The molecule has 4 nitrogen and oxygen atoms in total. The predicted octanol–water partition coefficient (Wildman–Crippen LogP) is 2.62. The normalized spacial score (nSPS) is 22.8. The van der Waals surface area contributed by atoms with E-state index in [1.807, 2.05) is 19.1 Å². The van der Waals surface area contributed by atoms with Gasteiger partial charge in [-0.2, -0.15) is 0 Å². The molecule has 1 aliphatic carbocycles.